The Hall–Kier alpha value is -0.820. The number of benzene rings is 1. The molecule has 0 unspecified atom stereocenters. The lowest BCUT2D eigenvalue weighted by Crippen LogP contribution is -2.31. The van der Waals surface area contributed by atoms with Crippen molar-refractivity contribution in [2.45, 2.75) is 51.4 Å². The average Bonchev–Trinajstić information content (AvgIpc) is 3.03. The maximum absolute atomic E-state index is 6.13. The molecule has 1 fully saturated rings. The van der Waals surface area contributed by atoms with Crippen LogP contribution in [0.4, 0.5) is 0 Å². The molecule has 2 N–H and O–H groups in total. The Morgan fingerprint density at radius 2 is 1.67 bits per heavy atom. The Labute approximate surface area is 111 Å². The number of rotatable bonds is 4. The molecule has 3 rings (SSSR count). The standard InChI is InChI=1S/C17H25N/c18-13-17(10-9-14-5-1-2-6-14)11-15-7-3-4-8-16(15)12-17/h3-4,7-8,14H,1-2,5-6,9-13,18H2. The lowest BCUT2D eigenvalue weighted by atomic mass is 9.78. The van der Waals surface area contributed by atoms with Gasteiger partial charge in [-0.25, -0.2) is 0 Å². The summed E-state index contributed by atoms with van der Waals surface area (Å²) in [6.07, 6.45) is 11.0. The van der Waals surface area contributed by atoms with E-state index in [0.717, 1.165) is 12.5 Å². The van der Waals surface area contributed by atoms with Crippen molar-refractivity contribution in [3.05, 3.63) is 35.4 Å². The van der Waals surface area contributed by atoms with Gasteiger partial charge in [-0.3, -0.25) is 0 Å². The maximum atomic E-state index is 6.13. The summed E-state index contributed by atoms with van der Waals surface area (Å²) in [5.74, 6) is 0.997. The van der Waals surface area contributed by atoms with Crippen LogP contribution in [0.3, 0.4) is 0 Å². The Kier molecular flexibility index (Phi) is 3.43. The molecule has 1 heteroatoms. The highest BCUT2D eigenvalue weighted by atomic mass is 14.6. The lowest BCUT2D eigenvalue weighted by molar-refractivity contribution is 0.259. The van der Waals surface area contributed by atoms with Gasteiger partial charge in [-0.1, -0.05) is 49.9 Å². The minimum Gasteiger partial charge on any atom is -0.330 e. The minimum absolute atomic E-state index is 0.381. The molecule has 0 bridgehead atoms. The molecule has 1 aromatic rings. The Balaban J connectivity index is 1.65. The molecular formula is C17H25N. The molecule has 1 saturated carbocycles. The van der Waals surface area contributed by atoms with Gasteiger partial charge in [0, 0.05) is 0 Å². The van der Waals surface area contributed by atoms with Gasteiger partial charge in [-0.2, -0.15) is 0 Å². The van der Waals surface area contributed by atoms with Crippen LogP contribution in [0.2, 0.25) is 0 Å². The summed E-state index contributed by atoms with van der Waals surface area (Å²) in [5, 5.41) is 0. The normalized spacial score (nSPS) is 22.3. The van der Waals surface area contributed by atoms with Gasteiger partial charge in [-0.15, -0.1) is 0 Å². The molecule has 18 heavy (non-hydrogen) atoms. The van der Waals surface area contributed by atoms with E-state index < -0.39 is 0 Å². The van der Waals surface area contributed by atoms with Gasteiger partial charge in [0.25, 0.3) is 0 Å². The van der Waals surface area contributed by atoms with Crippen molar-refractivity contribution in [3.63, 3.8) is 0 Å². The lowest BCUT2D eigenvalue weighted by Gasteiger charge is -2.28. The van der Waals surface area contributed by atoms with Crippen LogP contribution in [0.1, 0.15) is 49.7 Å². The van der Waals surface area contributed by atoms with E-state index in [2.05, 4.69) is 24.3 Å². The predicted molar refractivity (Wildman–Crippen MR) is 76.5 cm³/mol. The first kappa shape index (κ1) is 12.2. The van der Waals surface area contributed by atoms with Crippen LogP contribution < -0.4 is 5.73 Å². The van der Waals surface area contributed by atoms with E-state index in [-0.39, 0.29) is 0 Å². The van der Waals surface area contributed by atoms with Gasteiger partial charge in [0.05, 0.1) is 0 Å². The molecule has 2 aliphatic rings. The van der Waals surface area contributed by atoms with Crippen LogP contribution in [-0.4, -0.2) is 6.54 Å². The monoisotopic (exact) mass is 243 g/mol. The van der Waals surface area contributed by atoms with Gasteiger partial charge in [-0.05, 0) is 54.7 Å². The highest BCUT2D eigenvalue weighted by Crippen LogP contribution is 2.42. The molecule has 0 amide bonds. The van der Waals surface area contributed by atoms with Crippen molar-refractivity contribution in [1.82, 2.24) is 0 Å². The van der Waals surface area contributed by atoms with Gasteiger partial charge < -0.3 is 5.73 Å². The van der Waals surface area contributed by atoms with Crippen molar-refractivity contribution in [2.24, 2.45) is 17.1 Å². The highest BCUT2D eigenvalue weighted by molar-refractivity contribution is 5.34. The van der Waals surface area contributed by atoms with E-state index in [4.69, 9.17) is 5.73 Å². The van der Waals surface area contributed by atoms with Crippen LogP contribution in [0.5, 0.6) is 0 Å². The van der Waals surface area contributed by atoms with E-state index in [0.29, 0.717) is 5.41 Å². The first-order chi connectivity index (χ1) is 8.81. The molecule has 0 saturated heterocycles. The van der Waals surface area contributed by atoms with Crippen LogP contribution in [0.25, 0.3) is 0 Å². The number of fused-ring (bicyclic) bond motifs is 1. The first-order valence-electron chi connectivity index (χ1n) is 7.58. The Morgan fingerprint density at radius 1 is 1.06 bits per heavy atom. The fourth-order valence-corrected chi connectivity index (χ4v) is 4.01. The molecule has 2 aliphatic carbocycles. The SMILES string of the molecule is NCC1(CCC2CCCC2)Cc2ccccc2C1. The zero-order chi connectivity index (χ0) is 12.4. The van der Waals surface area contributed by atoms with Gasteiger partial charge in [0.1, 0.15) is 0 Å². The summed E-state index contributed by atoms with van der Waals surface area (Å²) < 4.78 is 0. The molecule has 0 aliphatic heterocycles. The smallest absolute Gasteiger partial charge is 0.00141 e. The van der Waals surface area contributed by atoms with Gasteiger partial charge in [0.15, 0.2) is 0 Å². The maximum Gasteiger partial charge on any atom is -0.00141 e. The van der Waals surface area contributed by atoms with E-state index >= 15 is 0 Å². The molecule has 1 aromatic carbocycles. The van der Waals surface area contributed by atoms with E-state index in [1.165, 1.54) is 51.4 Å². The topological polar surface area (TPSA) is 26.0 Å². The summed E-state index contributed by atoms with van der Waals surface area (Å²) in [6.45, 7) is 0.856. The molecule has 0 aromatic heterocycles. The van der Waals surface area contributed by atoms with Crippen molar-refractivity contribution < 1.29 is 0 Å². The number of hydrogen-bond donors (Lipinski definition) is 1. The second kappa shape index (κ2) is 5.05. The molecule has 0 radical (unpaired) electrons. The van der Waals surface area contributed by atoms with Crippen LogP contribution in [-0.2, 0) is 12.8 Å². The Morgan fingerprint density at radius 3 is 2.22 bits per heavy atom. The quantitative estimate of drug-likeness (QED) is 0.857. The van der Waals surface area contributed by atoms with Crippen LogP contribution >= 0.6 is 0 Å². The molecular weight excluding hydrogens is 218 g/mol. The second-order valence-electron chi connectivity index (χ2n) is 6.52. The summed E-state index contributed by atoms with van der Waals surface area (Å²) in [7, 11) is 0. The van der Waals surface area contributed by atoms with Gasteiger partial charge in [0.2, 0.25) is 0 Å². The minimum atomic E-state index is 0.381. The highest BCUT2D eigenvalue weighted by Gasteiger charge is 2.36. The Bertz CT molecular complexity index is 379. The third-order valence-corrected chi connectivity index (χ3v) is 5.24. The predicted octanol–water partition coefficient (Wildman–Crippen LogP) is 3.70. The fraction of sp³-hybridized carbons (Fsp3) is 0.647. The van der Waals surface area contributed by atoms with Crippen LogP contribution in [0.15, 0.2) is 24.3 Å². The summed E-state index contributed by atoms with van der Waals surface area (Å²) in [6, 6.07) is 8.93. The van der Waals surface area contributed by atoms with Crippen molar-refractivity contribution in [3.8, 4) is 0 Å². The molecule has 0 spiro atoms. The van der Waals surface area contributed by atoms with E-state index in [1.807, 2.05) is 0 Å². The summed E-state index contributed by atoms with van der Waals surface area (Å²) in [4.78, 5) is 0. The van der Waals surface area contributed by atoms with Crippen molar-refractivity contribution in [1.29, 1.82) is 0 Å². The third kappa shape index (κ3) is 2.33. The fourth-order valence-electron chi connectivity index (χ4n) is 4.01. The third-order valence-electron chi connectivity index (χ3n) is 5.24. The summed E-state index contributed by atoms with van der Waals surface area (Å²) >= 11 is 0. The molecule has 1 nitrogen and oxygen atoms in total. The summed E-state index contributed by atoms with van der Waals surface area (Å²) in [5.41, 5.74) is 9.61. The largest absolute Gasteiger partial charge is 0.330 e. The molecule has 0 heterocycles. The molecule has 0 atom stereocenters. The van der Waals surface area contributed by atoms with Crippen LogP contribution in [0, 0.1) is 11.3 Å². The van der Waals surface area contributed by atoms with Gasteiger partial charge >= 0.3 is 0 Å². The zero-order valence-electron chi connectivity index (χ0n) is 11.3. The number of nitrogens with two attached hydrogens (primary N) is 1. The average molecular weight is 243 g/mol. The zero-order valence-corrected chi connectivity index (χ0v) is 11.3. The number of hydrogen-bond acceptors (Lipinski definition) is 1. The van der Waals surface area contributed by atoms with E-state index in [9.17, 15) is 0 Å². The van der Waals surface area contributed by atoms with Crippen molar-refractivity contribution in [2.75, 3.05) is 6.54 Å². The molecule has 98 valence electrons. The van der Waals surface area contributed by atoms with E-state index in [1.54, 1.807) is 11.1 Å². The first-order valence-corrected chi connectivity index (χ1v) is 7.58. The van der Waals surface area contributed by atoms with Crippen molar-refractivity contribution >= 4 is 0 Å². The second-order valence-corrected chi connectivity index (χ2v) is 6.52.